The maximum absolute atomic E-state index is 13.1. The summed E-state index contributed by atoms with van der Waals surface area (Å²) in [6.45, 7) is 5.07. The fourth-order valence-electron chi connectivity index (χ4n) is 3.47. The Bertz CT molecular complexity index is 989. The standard InChI is InChI=1S/C22H29N3O5S/c1-17-8-9-19(14-21(17)31(28,29)25-10-12-30-13-11-25)23-22(27)16-24(15-18(2)26)20-6-4-3-5-7-20/h3-9,14,18,26H,10-13,15-16H2,1-2H3,(H,23,27). The van der Waals surface area contributed by atoms with E-state index in [-0.39, 0.29) is 17.3 Å². The van der Waals surface area contributed by atoms with Gasteiger partial charge in [0.2, 0.25) is 15.9 Å². The zero-order valence-electron chi connectivity index (χ0n) is 17.8. The van der Waals surface area contributed by atoms with Crippen LogP contribution >= 0.6 is 0 Å². The predicted molar refractivity (Wildman–Crippen MR) is 120 cm³/mol. The molecule has 0 aliphatic carbocycles. The van der Waals surface area contributed by atoms with Crippen molar-refractivity contribution in [2.24, 2.45) is 0 Å². The number of carbonyl (C=O) groups is 1. The fraction of sp³-hybridized carbons (Fsp3) is 0.409. The molecular weight excluding hydrogens is 418 g/mol. The Hall–Kier alpha value is -2.46. The molecule has 168 valence electrons. The summed E-state index contributed by atoms with van der Waals surface area (Å²) < 4.78 is 32.8. The van der Waals surface area contributed by atoms with E-state index in [2.05, 4.69) is 5.32 Å². The lowest BCUT2D eigenvalue weighted by Gasteiger charge is -2.27. The quantitative estimate of drug-likeness (QED) is 0.641. The average Bonchev–Trinajstić information content (AvgIpc) is 2.75. The molecule has 0 radical (unpaired) electrons. The number of aliphatic hydroxyl groups excluding tert-OH is 1. The minimum Gasteiger partial charge on any atom is -0.392 e. The number of sulfonamides is 1. The van der Waals surface area contributed by atoms with Gasteiger partial charge in [0.05, 0.1) is 30.8 Å². The van der Waals surface area contributed by atoms with Gasteiger partial charge in [-0.05, 0) is 43.7 Å². The number of carbonyl (C=O) groups excluding carboxylic acids is 1. The van der Waals surface area contributed by atoms with Gasteiger partial charge in [0, 0.05) is 31.0 Å². The van der Waals surface area contributed by atoms with Crippen molar-refractivity contribution < 1.29 is 23.1 Å². The number of morpholine rings is 1. The Morgan fingerprint density at radius 1 is 1.19 bits per heavy atom. The molecule has 0 saturated carbocycles. The Morgan fingerprint density at radius 3 is 2.52 bits per heavy atom. The summed E-state index contributed by atoms with van der Waals surface area (Å²) in [5.74, 6) is -0.303. The van der Waals surface area contributed by atoms with Crippen LogP contribution in [0.5, 0.6) is 0 Å². The van der Waals surface area contributed by atoms with Crippen LogP contribution in [0.4, 0.5) is 11.4 Å². The molecule has 2 N–H and O–H groups in total. The van der Waals surface area contributed by atoms with Gasteiger partial charge in [-0.15, -0.1) is 0 Å². The van der Waals surface area contributed by atoms with Crippen molar-refractivity contribution in [3.63, 3.8) is 0 Å². The summed E-state index contributed by atoms with van der Waals surface area (Å²) in [7, 11) is -3.67. The van der Waals surface area contributed by atoms with E-state index < -0.39 is 16.1 Å². The SMILES string of the molecule is Cc1ccc(NC(=O)CN(CC(C)O)c2ccccc2)cc1S(=O)(=O)N1CCOCC1. The molecule has 1 amide bonds. The van der Waals surface area contributed by atoms with E-state index in [0.717, 1.165) is 5.69 Å². The van der Waals surface area contributed by atoms with E-state index in [1.807, 2.05) is 30.3 Å². The van der Waals surface area contributed by atoms with E-state index >= 15 is 0 Å². The first-order valence-corrected chi connectivity index (χ1v) is 11.7. The van der Waals surface area contributed by atoms with E-state index in [0.29, 0.717) is 44.1 Å². The summed E-state index contributed by atoms with van der Waals surface area (Å²) in [5, 5.41) is 12.6. The van der Waals surface area contributed by atoms with Crippen molar-refractivity contribution in [1.29, 1.82) is 0 Å². The van der Waals surface area contributed by atoms with Gasteiger partial charge in [0.15, 0.2) is 0 Å². The Morgan fingerprint density at radius 2 is 1.87 bits per heavy atom. The highest BCUT2D eigenvalue weighted by Gasteiger charge is 2.28. The first kappa shape index (κ1) is 23.2. The maximum Gasteiger partial charge on any atom is 0.243 e. The third kappa shape index (κ3) is 6.04. The first-order chi connectivity index (χ1) is 14.8. The van der Waals surface area contributed by atoms with Crippen LogP contribution in [0.15, 0.2) is 53.4 Å². The van der Waals surface area contributed by atoms with Gasteiger partial charge in [-0.1, -0.05) is 24.3 Å². The van der Waals surface area contributed by atoms with Crippen molar-refractivity contribution in [2.75, 3.05) is 49.6 Å². The number of aryl methyl sites for hydroxylation is 1. The Labute approximate surface area is 183 Å². The number of aliphatic hydroxyl groups is 1. The van der Waals surface area contributed by atoms with Gasteiger partial charge in [0.1, 0.15) is 0 Å². The highest BCUT2D eigenvalue weighted by Crippen LogP contribution is 2.24. The van der Waals surface area contributed by atoms with E-state index in [1.54, 1.807) is 30.9 Å². The minimum atomic E-state index is -3.67. The van der Waals surface area contributed by atoms with Crippen LogP contribution in [0.1, 0.15) is 12.5 Å². The smallest absolute Gasteiger partial charge is 0.243 e. The lowest BCUT2D eigenvalue weighted by molar-refractivity contribution is -0.115. The molecule has 2 aromatic rings. The molecule has 31 heavy (non-hydrogen) atoms. The molecule has 1 aliphatic rings. The van der Waals surface area contributed by atoms with Gasteiger partial charge in [-0.25, -0.2) is 8.42 Å². The van der Waals surface area contributed by atoms with Gasteiger partial charge in [-0.2, -0.15) is 4.31 Å². The molecule has 1 aliphatic heterocycles. The van der Waals surface area contributed by atoms with Crippen molar-refractivity contribution in [2.45, 2.75) is 24.8 Å². The van der Waals surface area contributed by atoms with Gasteiger partial charge < -0.3 is 20.1 Å². The van der Waals surface area contributed by atoms with Crippen LogP contribution in [0.3, 0.4) is 0 Å². The average molecular weight is 448 g/mol. The largest absolute Gasteiger partial charge is 0.392 e. The van der Waals surface area contributed by atoms with Crippen LogP contribution in [-0.4, -0.2) is 69.2 Å². The van der Waals surface area contributed by atoms with Crippen LogP contribution in [0.2, 0.25) is 0 Å². The summed E-state index contributed by atoms with van der Waals surface area (Å²) in [6.07, 6.45) is -0.613. The van der Waals surface area contributed by atoms with Crippen LogP contribution in [0.25, 0.3) is 0 Å². The molecule has 1 unspecified atom stereocenters. The molecule has 0 aromatic heterocycles. The number of para-hydroxylation sites is 1. The Balaban J connectivity index is 1.76. The number of nitrogens with one attached hydrogen (secondary N) is 1. The topological polar surface area (TPSA) is 99.2 Å². The lowest BCUT2D eigenvalue weighted by atomic mass is 10.2. The van der Waals surface area contributed by atoms with E-state index in [9.17, 15) is 18.3 Å². The fourth-order valence-corrected chi connectivity index (χ4v) is 5.13. The lowest BCUT2D eigenvalue weighted by Crippen LogP contribution is -2.41. The number of hydrogen-bond donors (Lipinski definition) is 2. The normalized spacial score (nSPS) is 16.0. The van der Waals surface area contributed by atoms with Crippen LogP contribution in [0, 0.1) is 6.92 Å². The molecular formula is C22H29N3O5S. The van der Waals surface area contributed by atoms with Crippen molar-refractivity contribution in [1.82, 2.24) is 4.31 Å². The first-order valence-electron chi connectivity index (χ1n) is 10.2. The summed E-state index contributed by atoms with van der Waals surface area (Å²) in [4.78, 5) is 14.7. The zero-order valence-corrected chi connectivity index (χ0v) is 18.6. The second kappa shape index (κ2) is 10.2. The van der Waals surface area contributed by atoms with E-state index in [4.69, 9.17) is 4.74 Å². The number of amides is 1. The Kier molecular flexibility index (Phi) is 7.66. The second-order valence-corrected chi connectivity index (χ2v) is 9.52. The van der Waals surface area contributed by atoms with Crippen LogP contribution in [-0.2, 0) is 19.6 Å². The van der Waals surface area contributed by atoms with Crippen molar-refractivity contribution >= 4 is 27.3 Å². The summed E-state index contributed by atoms with van der Waals surface area (Å²) >= 11 is 0. The second-order valence-electron chi connectivity index (χ2n) is 7.61. The van der Waals surface area contributed by atoms with Crippen LogP contribution < -0.4 is 10.2 Å². The summed E-state index contributed by atoms with van der Waals surface area (Å²) in [6, 6.07) is 14.2. The van der Waals surface area contributed by atoms with Gasteiger partial charge in [-0.3, -0.25) is 4.79 Å². The van der Waals surface area contributed by atoms with E-state index in [1.165, 1.54) is 10.4 Å². The molecule has 1 saturated heterocycles. The van der Waals surface area contributed by atoms with Gasteiger partial charge >= 0.3 is 0 Å². The van der Waals surface area contributed by atoms with Crippen molar-refractivity contribution in [3.05, 3.63) is 54.1 Å². The number of anilines is 2. The highest BCUT2D eigenvalue weighted by atomic mass is 32.2. The molecule has 0 spiro atoms. The predicted octanol–water partition coefficient (Wildman–Crippen LogP) is 1.84. The minimum absolute atomic E-state index is 0.0222. The molecule has 2 aromatic carbocycles. The molecule has 1 fully saturated rings. The number of ether oxygens (including phenoxy) is 1. The number of nitrogens with zero attached hydrogens (tertiary/aromatic N) is 2. The molecule has 9 heteroatoms. The molecule has 8 nitrogen and oxygen atoms in total. The maximum atomic E-state index is 13.1. The van der Waals surface area contributed by atoms with Crippen molar-refractivity contribution in [3.8, 4) is 0 Å². The molecule has 0 bridgehead atoms. The van der Waals surface area contributed by atoms with Gasteiger partial charge in [0.25, 0.3) is 0 Å². The third-order valence-corrected chi connectivity index (χ3v) is 7.04. The third-order valence-electron chi connectivity index (χ3n) is 5.00. The number of hydrogen-bond acceptors (Lipinski definition) is 6. The molecule has 1 atom stereocenters. The number of rotatable bonds is 8. The zero-order chi connectivity index (χ0) is 22.4. The highest BCUT2D eigenvalue weighted by molar-refractivity contribution is 7.89. The molecule has 3 rings (SSSR count). The monoisotopic (exact) mass is 447 g/mol. The summed E-state index contributed by atoms with van der Waals surface area (Å²) in [5.41, 5.74) is 1.84. The molecule has 1 heterocycles. The number of benzene rings is 2.